The van der Waals surface area contributed by atoms with Crippen LogP contribution in [0.2, 0.25) is 0 Å². The van der Waals surface area contributed by atoms with Crippen molar-refractivity contribution in [2.75, 3.05) is 17.2 Å². The van der Waals surface area contributed by atoms with Crippen molar-refractivity contribution in [3.8, 4) is 6.07 Å². The van der Waals surface area contributed by atoms with Gasteiger partial charge in [0.05, 0.1) is 11.6 Å². The number of nitrogens with one attached hydrogen (secondary N) is 2. The van der Waals surface area contributed by atoms with Gasteiger partial charge < -0.3 is 10.6 Å². The normalized spacial score (nSPS) is 10.2. The van der Waals surface area contributed by atoms with Gasteiger partial charge in [-0.15, -0.1) is 0 Å². The number of benzene rings is 1. The van der Waals surface area contributed by atoms with Gasteiger partial charge in [-0.3, -0.25) is 0 Å². The molecule has 2 N–H and O–H groups in total. The third kappa shape index (κ3) is 4.46. The highest BCUT2D eigenvalue weighted by Crippen LogP contribution is 2.18. The zero-order chi connectivity index (χ0) is 15.2. The first-order chi connectivity index (χ1) is 10.1. The predicted molar refractivity (Wildman–Crippen MR) is 84.5 cm³/mol. The second-order valence-electron chi connectivity index (χ2n) is 5.28. The van der Waals surface area contributed by atoms with Crippen molar-refractivity contribution in [2.24, 2.45) is 5.92 Å². The maximum Gasteiger partial charge on any atom is 0.136 e. The van der Waals surface area contributed by atoms with Crippen LogP contribution in [0, 0.1) is 24.2 Å². The standard InChI is InChI=1S/C16H19N5/c1-11(2)10-18-15-8-16(20-12(3)19-15)21-14-6-4-5-13(7-14)9-17/h4-8,11H,10H2,1-3H3,(H2,18,19,20,21). The van der Waals surface area contributed by atoms with Crippen LogP contribution in [0.1, 0.15) is 25.2 Å². The van der Waals surface area contributed by atoms with Crippen LogP contribution in [-0.2, 0) is 0 Å². The van der Waals surface area contributed by atoms with Crippen molar-refractivity contribution in [1.29, 1.82) is 5.26 Å². The lowest BCUT2D eigenvalue weighted by Crippen LogP contribution is -2.10. The Morgan fingerprint density at radius 2 is 1.95 bits per heavy atom. The average molecular weight is 281 g/mol. The second kappa shape index (κ2) is 6.71. The summed E-state index contributed by atoms with van der Waals surface area (Å²) >= 11 is 0. The molecule has 0 fully saturated rings. The summed E-state index contributed by atoms with van der Waals surface area (Å²) in [5.74, 6) is 2.76. The number of hydrogen-bond acceptors (Lipinski definition) is 5. The van der Waals surface area contributed by atoms with E-state index in [1.807, 2.05) is 25.1 Å². The maximum absolute atomic E-state index is 8.92. The highest BCUT2D eigenvalue weighted by atomic mass is 15.1. The number of nitrogens with zero attached hydrogens (tertiary/aromatic N) is 3. The Morgan fingerprint density at radius 3 is 2.67 bits per heavy atom. The molecule has 5 nitrogen and oxygen atoms in total. The maximum atomic E-state index is 8.92. The summed E-state index contributed by atoms with van der Waals surface area (Å²) in [6, 6.07) is 11.3. The molecule has 5 heteroatoms. The summed E-state index contributed by atoms with van der Waals surface area (Å²) in [5.41, 5.74) is 1.45. The van der Waals surface area contributed by atoms with E-state index in [9.17, 15) is 0 Å². The fourth-order valence-electron chi connectivity index (χ4n) is 1.85. The van der Waals surface area contributed by atoms with Crippen LogP contribution in [0.25, 0.3) is 0 Å². The minimum absolute atomic E-state index is 0.545. The Balaban J connectivity index is 2.17. The van der Waals surface area contributed by atoms with Crippen LogP contribution in [0.3, 0.4) is 0 Å². The summed E-state index contributed by atoms with van der Waals surface area (Å²) in [7, 11) is 0. The highest BCUT2D eigenvalue weighted by molar-refractivity contribution is 5.60. The van der Waals surface area contributed by atoms with Crippen molar-refractivity contribution in [3.05, 3.63) is 41.7 Å². The summed E-state index contributed by atoms with van der Waals surface area (Å²) in [4.78, 5) is 8.73. The molecule has 1 aromatic carbocycles. The second-order valence-corrected chi connectivity index (χ2v) is 5.28. The largest absolute Gasteiger partial charge is 0.370 e. The van der Waals surface area contributed by atoms with Crippen LogP contribution in [0.15, 0.2) is 30.3 Å². The molecule has 0 aliphatic carbocycles. The Bertz CT molecular complexity index is 658. The molecule has 0 amide bonds. The zero-order valence-corrected chi connectivity index (χ0v) is 12.5. The van der Waals surface area contributed by atoms with Gasteiger partial charge in [-0.25, -0.2) is 9.97 Å². The van der Waals surface area contributed by atoms with Gasteiger partial charge in [-0.05, 0) is 31.0 Å². The van der Waals surface area contributed by atoms with E-state index in [2.05, 4.69) is 40.5 Å². The zero-order valence-electron chi connectivity index (χ0n) is 12.5. The molecule has 0 bridgehead atoms. The van der Waals surface area contributed by atoms with Crippen LogP contribution in [0.5, 0.6) is 0 Å². The molecule has 0 aliphatic heterocycles. The summed E-state index contributed by atoms with van der Waals surface area (Å²) in [5, 5.41) is 15.4. The van der Waals surface area contributed by atoms with Gasteiger partial charge in [0.1, 0.15) is 17.5 Å². The summed E-state index contributed by atoms with van der Waals surface area (Å²) in [6.07, 6.45) is 0. The molecule has 1 heterocycles. The van der Waals surface area contributed by atoms with Crippen LogP contribution >= 0.6 is 0 Å². The highest BCUT2D eigenvalue weighted by Gasteiger charge is 2.04. The fraction of sp³-hybridized carbons (Fsp3) is 0.312. The van der Waals surface area contributed by atoms with Crippen molar-refractivity contribution < 1.29 is 0 Å². The minimum Gasteiger partial charge on any atom is -0.370 e. The molecule has 2 aromatic rings. The molecular weight excluding hydrogens is 262 g/mol. The Kier molecular flexibility index (Phi) is 4.72. The van der Waals surface area contributed by atoms with Crippen molar-refractivity contribution >= 4 is 17.3 Å². The van der Waals surface area contributed by atoms with Crippen molar-refractivity contribution in [2.45, 2.75) is 20.8 Å². The lowest BCUT2D eigenvalue weighted by molar-refractivity contribution is 0.686. The van der Waals surface area contributed by atoms with E-state index < -0.39 is 0 Å². The van der Waals surface area contributed by atoms with E-state index in [0.717, 1.165) is 18.1 Å². The van der Waals surface area contributed by atoms with Gasteiger partial charge in [0.2, 0.25) is 0 Å². The molecule has 2 rings (SSSR count). The van der Waals surface area contributed by atoms with E-state index in [1.165, 1.54) is 0 Å². The van der Waals surface area contributed by atoms with Crippen molar-refractivity contribution in [3.63, 3.8) is 0 Å². The van der Waals surface area contributed by atoms with Gasteiger partial charge >= 0.3 is 0 Å². The Labute approximate surface area is 125 Å². The fourth-order valence-corrected chi connectivity index (χ4v) is 1.85. The number of aromatic nitrogens is 2. The number of aryl methyl sites for hydroxylation is 1. The van der Waals surface area contributed by atoms with Crippen LogP contribution in [-0.4, -0.2) is 16.5 Å². The topological polar surface area (TPSA) is 73.6 Å². The summed E-state index contributed by atoms with van der Waals surface area (Å²) < 4.78 is 0. The SMILES string of the molecule is Cc1nc(NCC(C)C)cc(Nc2cccc(C#N)c2)n1. The summed E-state index contributed by atoms with van der Waals surface area (Å²) in [6.45, 7) is 7.01. The number of hydrogen-bond donors (Lipinski definition) is 2. The molecule has 1 aromatic heterocycles. The van der Waals surface area contributed by atoms with Gasteiger partial charge in [-0.2, -0.15) is 5.26 Å². The monoisotopic (exact) mass is 281 g/mol. The molecule has 0 atom stereocenters. The lowest BCUT2D eigenvalue weighted by Gasteiger charge is -2.11. The average Bonchev–Trinajstić information content (AvgIpc) is 2.45. The first-order valence-electron chi connectivity index (χ1n) is 6.93. The smallest absolute Gasteiger partial charge is 0.136 e. The van der Waals surface area contributed by atoms with Gasteiger partial charge in [0.25, 0.3) is 0 Å². The molecule has 0 unspecified atom stereocenters. The molecule has 21 heavy (non-hydrogen) atoms. The molecule has 0 saturated heterocycles. The Morgan fingerprint density at radius 1 is 1.19 bits per heavy atom. The van der Waals surface area contributed by atoms with Gasteiger partial charge in [0, 0.05) is 18.3 Å². The van der Waals surface area contributed by atoms with Crippen LogP contribution in [0.4, 0.5) is 17.3 Å². The van der Waals surface area contributed by atoms with Gasteiger partial charge in [-0.1, -0.05) is 19.9 Å². The molecule has 108 valence electrons. The third-order valence-electron chi connectivity index (χ3n) is 2.79. The number of anilines is 3. The quantitative estimate of drug-likeness (QED) is 0.877. The number of rotatable bonds is 5. The van der Waals surface area contributed by atoms with Gasteiger partial charge in [0.15, 0.2) is 0 Å². The molecule has 0 aliphatic rings. The molecular formula is C16H19N5. The van der Waals surface area contributed by atoms with Crippen LogP contribution < -0.4 is 10.6 Å². The van der Waals surface area contributed by atoms with E-state index in [4.69, 9.17) is 5.26 Å². The lowest BCUT2D eigenvalue weighted by atomic mass is 10.2. The third-order valence-corrected chi connectivity index (χ3v) is 2.79. The first kappa shape index (κ1) is 14.8. The molecule has 0 spiro atoms. The predicted octanol–water partition coefficient (Wildman–Crippen LogP) is 3.47. The van der Waals surface area contributed by atoms with E-state index >= 15 is 0 Å². The minimum atomic E-state index is 0.545. The Hall–Kier alpha value is -2.61. The first-order valence-corrected chi connectivity index (χ1v) is 6.93. The van der Waals surface area contributed by atoms with E-state index in [1.54, 1.807) is 12.1 Å². The molecule has 0 radical (unpaired) electrons. The van der Waals surface area contributed by atoms with Crippen molar-refractivity contribution in [1.82, 2.24) is 9.97 Å². The molecule has 0 saturated carbocycles. The van der Waals surface area contributed by atoms with E-state index in [-0.39, 0.29) is 0 Å². The number of nitriles is 1. The van der Waals surface area contributed by atoms with E-state index in [0.29, 0.717) is 23.1 Å².